The molecule has 0 bridgehead atoms. The minimum Gasteiger partial charge on any atom is -0.469 e. The molecule has 11 nitrogen and oxygen atoms in total. The van der Waals surface area contributed by atoms with E-state index in [4.69, 9.17) is 19.5 Å². The third kappa shape index (κ3) is 8.04. The van der Waals surface area contributed by atoms with E-state index in [1.807, 2.05) is 41.4 Å². The van der Waals surface area contributed by atoms with Crippen LogP contribution in [0.5, 0.6) is 0 Å². The number of nitrogens with one attached hydrogen (secondary N) is 2. The number of benzene rings is 4. The molecule has 5 atom stereocenters. The molecule has 302 valence electrons. The normalized spacial score (nSPS) is 21.9. The second-order valence-corrected chi connectivity index (χ2v) is 16.3. The van der Waals surface area contributed by atoms with Crippen LogP contribution in [0.1, 0.15) is 85.0 Å². The summed E-state index contributed by atoms with van der Waals surface area (Å²) in [6.07, 6.45) is 12.6. The zero-order valence-electron chi connectivity index (χ0n) is 33.6. The van der Waals surface area contributed by atoms with Gasteiger partial charge in [0.1, 0.15) is 5.82 Å². The molecule has 2 amide bonds. The molecule has 0 aliphatic carbocycles. The second-order valence-electron chi connectivity index (χ2n) is 16.3. The van der Waals surface area contributed by atoms with Gasteiger partial charge in [-0.15, -0.1) is 0 Å². The molecule has 1 aromatic heterocycles. The van der Waals surface area contributed by atoms with Gasteiger partial charge in [0.25, 0.3) is 0 Å². The number of likely N-dealkylation sites (tertiary alicyclic amines) is 1. The van der Waals surface area contributed by atoms with Crippen molar-refractivity contribution in [3.63, 3.8) is 0 Å². The minimum atomic E-state index is -0.591. The molecule has 9 rings (SSSR count). The molecule has 4 aliphatic rings. The first kappa shape index (κ1) is 38.4. The number of aromatic nitrogens is 2. The molecule has 0 saturated carbocycles. The number of methoxy groups -OCH3 is 2. The monoisotopic (exact) mass is 790 g/mol. The quantitative estimate of drug-likeness (QED) is 0.107. The lowest BCUT2D eigenvalue weighted by atomic mass is 9.93. The number of H-pyrrole nitrogens is 1. The van der Waals surface area contributed by atoms with Crippen molar-refractivity contribution in [2.24, 2.45) is 4.99 Å². The molecule has 3 fully saturated rings. The number of carbonyl (C=O) groups is 3. The largest absolute Gasteiger partial charge is 0.469 e. The summed E-state index contributed by atoms with van der Waals surface area (Å²) >= 11 is 0. The van der Waals surface area contributed by atoms with Gasteiger partial charge in [-0.05, 0) is 95.8 Å². The second kappa shape index (κ2) is 16.7. The third-order valence-electron chi connectivity index (χ3n) is 12.7. The van der Waals surface area contributed by atoms with E-state index in [0.29, 0.717) is 19.0 Å². The van der Waals surface area contributed by atoms with Gasteiger partial charge >= 0.3 is 12.1 Å². The maximum Gasteiger partial charge on any atom is 0.407 e. The Hall–Kier alpha value is -6.07. The number of esters is 1. The fourth-order valence-electron chi connectivity index (χ4n) is 9.68. The van der Waals surface area contributed by atoms with Crippen LogP contribution in [0.3, 0.4) is 0 Å². The predicted octanol–water partition coefficient (Wildman–Crippen LogP) is 8.39. The summed E-state index contributed by atoms with van der Waals surface area (Å²) in [4.78, 5) is 56.2. The van der Waals surface area contributed by atoms with Gasteiger partial charge in [0.05, 0.1) is 56.2 Å². The molecule has 4 aromatic carbocycles. The van der Waals surface area contributed by atoms with E-state index in [2.05, 4.69) is 82.0 Å². The lowest BCUT2D eigenvalue weighted by molar-refractivity contribution is -0.144. The summed E-state index contributed by atoms with van der Waals surface area (Å²) in [6.45, 7) is 1.45. The Morgan fingerprint density at radius 3 is 2.47 bits per heavy atom. The molecule has 5 aromatic rings. The summed E-state index contributed by atoms with van der Waals surface area (Å²) in [6, 6.07) is 29.7. The maximum atomic E-state index is 14.0. The Labute approximate surface area is 344 Å². The Bertz CT molecular complexity index is 2440. The van der Waals surface area contributed by atoms with Crippen LogP contribution >= 0.6 is 0 Å². The minimum absolute atomic E-state index is 0.0111. The number of fused-ring (bicyclic) bond motifs is 3. The smallest absolute Gasteiger partial charge is 0.407 e. The Morgan fingerprint density at radius 2 is 1.64 bits per heavy atom. The number of rotatable bonds is 10. The highest BCUT2D eigenvalue weighted by molar-refractivity contribution is 6.01. The maximum absolute atomic E-state index is 14.0. The summed E-state index contributed by atoms with van der Waals surface area (Å²) in [5.74, 6) is -0.0486. The standard InChI is InChI=1S/C48H50N6O5/c1-58-45(55)27-39(32-7-4-3-5-8-32)47(56)53-22-6-9-43(53)41-26-36-24-31(13-20-40(36)51-41)11-10-30-12-14-34-25-35(16-15-33(34)23-30)42-28-49-46(52-42)44-21-19-38-18-17-37(29-54(38)44)50-48(57)59-2/h3-5,7-8,10-16,20,23-25,28,37-39,43-44H,6,9,17-19,21-22,26-27,29H2,1-2H3,(H,49,52)(H,50,57)/b11-10+/t37-,38-,39+,43?,44-/m0/s1. The molecule has 5 heterocycles. The average molecular weight is 791 g/mol. The van der Waals surface area contributed by atoms with Crippen molar-refractivity contribution in [3.8, 4) is 11.3 Å². The van der Waals surface area contributed by atoms with Crippen LogP contribution in [0.4, 0.5) is 10.5 Å². The molecule has 2 N–H and O–H groups in total. The number of aliphatic imine (C=N–C) groups is 1. The van der Waals surface area contributed by atoms with E-state index in [-0.39, 0.29) is 36.5 Å². The number of carbonyl (C=O) groups excluding carboxylic acids is 3. The first-order valence-corrected chi connectivity index (χ1v) is 20.8. The molecule has 11 heteroatoms. The van der Waals surface area contributed by atoms with Crippen molar-refractivity contribution >= 4 is 52.3 Å². The number of piperidine rings is 1. The average Bonchev–Trinajstić information content (AvgIpc) is 4.10. The molecule has 0 radical (unpaired) electrons. The number of amides is 2. The lowest BCUT2D eigenvalue weighted by Gasteiger charge is -2.37. The zero-order chi connectivity index (χ0) is 40.5. The van der Waals surface area contributed by atoms with E-state index in [1.165, 1.54) is 14.2 Å². The van der Waals surface area contributed by atoms with Crippen molar-refractivity contribution in [3.05, 3.63) is 119 Å². The summed E-state index contributed by atoms with van der Waals surface area (Å²) in [5, 5.41) is 5.32. The number of imidazole rings is 1. The predicted molar refractivity (Wildman–Crippen MR) is 229 cm³/mol. The van der Waals surface area contributed by atoms with Crippen LogP contribution in [0.25, 0.3) is 34.2 Å². The molecule has 0 spiro atoms. The van der Waals surface area contributed by atoms with E-state index in [9.17, 15) is 14.4 Å². The van der Waals surface area contributed by atoms with Gasteiger partial charge in [0.2, 0.25) is 5.91 Å². The highest BCUT2D eigenvalue weighted by atomic mass is 16.5. The Balaban J connectivity index is 0.845. The molecular formula is C48H50N6O5. The fraction of sp³-hybridized carbons (Fsp3) is 0.354. The zero-order valence-corrected chi connectivity index (χ0v) is 33.6. The van der Waals surface area contributed by atoms with Crippen LogP contribution in [0.15, 0.2) is 96.1 Å². The van der Waals surface area contributed by atoms with E-state index in [1.54, 1.807) is 0 Å². The Morgan fingerprint density at radius 1 is 0.864 bits per heavy atom. The number of hydrogen-bond donors (Lipinski definition) is 2. The topological polar surface area (TPSA) is 129 Å². The van der Waals surface area contributed by atoms with Crippen molar-refractivity contribution in [2.75, 3.05) is 27.3 Å². The summed E-state index contributed by atoms with van der Waals surface area (Å²) in [7, 11) is 2.77. The van der Waals surface area contributed by atoms with Gasteiger partial charge < -0.3 is 24.7 Å². The molecule has 1 unspecified atom stereocenters. The number of hydrogen-bond acceptors (Lipinski definition) is 8. The first-order chi connectivity index (χ1) is 28.8. The number of ether oxygens (including phenoxy) is 2. The molecule has 4 aliphatic heterocycles. The Kier molecular flexibility index (Phi) is 10.9. The van der Waals surface area contributed by atoms with Gasteiger partial charge in [-0.2, -0.15) is 0 Å². The van der Waals surface area contributed by atoms with Crippen LogP contribution < -0.4 is 5.32 Å². The van der Waals surface area contributed by atoms with Crippen molar-refractivity contribution in [1.29, 1.82) is 0 Å². The first-order valence-electron chi connectivity index (χ1n) is 20.8. The number of alkyl carbamates (subject to hydrolysis) is 1. The van der Waals surface area contributed by atoms with E-state index >= 15 is 0 Å². The fourth-order valence-corrected chi connectivity index (χ4v) is 9.68. The van der Waals surface area contributed by atoms with Gasteiger partial charge in [0, 0.05) is 42.9 Å². The van der Waals surface area contributed by atoms with Crippen LogP contribution in [0.2, 0.25) is 0 Å². The van der Waals surface area contributed by atoms with Crippen molar-refractivity contribution in [1.82, 2.24) is 25.1 Å². The highest BCUT2D eigenvalue weighted by Crippen LogP contribution is 2.40. The summed E-state index contributed by atoms with van der Waals surface area (Å²) < 4.78 is 9.81. The molecule has 3 saturated heterocycles. The number of nitrogens with zero attached hydrogens (tertiary/aromatic N) is 4. The van der Waals surface area contributed by atoms with Gasteiger partial charge in [-0.3, -0.25) is 19.5 Å². The van der Waals surface area contributed by atoms with Crippen LogP contribution in [-0.2, 0) is 25.5 Å². The third-order valence-corrected chi connectivity index (χ3v) is 12.7. The van der Waals surface area contributed by atoms with Crippen LogP contribution in [0, 0.1) is 0 Å². The molecular weight excluding hydrogens is 741 g/mol. The van der Waals surface area contributed by atoms with E-state index < -0.39 is 11.9 Å². The van der Waals surface area contributed by atoms with Crippen molar-refractivity contribution in [2.45, 2.75) is 81.5 Å². The van der Waals surface area contributed by atoms with Gasteiger partial charge in [0.15, 0.2) is 0 Å². The van der Waals surface area contributed by atoms with Gasteiger partial charge in [-0.25, -0.2) is 9.78 Å². The summed E-state index contributed by atoms with van der Waals surface area (Å²) in [5.41, 5.74) is 8.26. The SMILES string of the molecule is COC(=O)C[C@@H](C(=O)N1CCCC1C1=Nc2ccc(/C=C/c3ccc4cc(-c5cnc([C@@H]6CC[C@@H]7CC[C@H](NC(=O)OC)CN76)[nH]5)ccc4c3)cc2C1)c1ccccc1. The molecule has 59 heavy (non-hydrogen) atoms. The van der Waals surface area contributed by atoms with Crippen LogP contribution in [-0.4, -0.2) is 88.9 Å². The van der Waals surface area contributed by atoms with Crippen molar-refractivity contribution < 1.29 is 23.9 Å². The van der Waals surface area contributed by atoms with Gasteiger partial charge in [-0.1, -0.05) is 72.8 Å². The number of aromatic amines is 1. The van der Waals surface area contributed by atoms with E-state index in [0.717, 1.165) is 107 Å². The highest BCUT2D eigenvalue weighted by Gasteiger charge is 2.41. The lowest BCUT2D eigenvalue weighted by Crippen LogP contribution is -2.50.